The second-order valence-corrected chi connectivity index (χ2v) is 3.30. The summed E-state index contributed by atoms with van der Waals surface area (Å²) >= 11 is 0. The van der Waals surface area contributed by atoms with Crippen LogP contribution in [0.15, 0.2) is 22.8 Å². The standard InChI is InChI=1S/C10H15NO3/c1-2-5-11(8-10(12)13)7-9-4-3-6-14-9/h3-4,6H,2,5,7-8H2,1H3,(H,12,13). The summed E-state index contributed by atoms with van der Waals surface area (Å²) in [5, 5.41) is 10.5. The van der Waals surface area contributed by atoms with E-state index in [0.717, 1.165) is 23.6 Å². The van der Waals surface area contributed by atoms with Crippen molar-refractivity contribution in [3.05, 3.63) is 24.2 Å². The monoisotopic (exact) mass is 197 g/mol. The molecular weight excluding hydrogens is 182 g/mol. The van der Waals surface area contributed by atoms with Gasteiger partial charge in [0, 0.05) is 0 Å². The Hall–Kier alpha value is -1.29. The summed E-state index contributed by atoms with van der Waals surface area (Å²) in [6.07, 6.45) is 2.54. The number of quaternary nitrogens is 1. The highest BCUT2D eigenvalue weighted by Gasteiger charge is 2.10. The average molecular weight is 197 g/mol. The third kappa shape index (κ3) is 3.62. The fourth-order valence-corrected chi connectivity index (χ4v) is 1.46. The smallest absolute Gasteiger partial charge is 0.157 e. The van der Waals surface area contributed by atoms with Crippen molar-refractivity contribution >= 4 is 5.97 Å². The van der Waals surface area contributed by atoms with Gasteiger partial charge in [0.1, 0.15) is 13.1 Å². The number of carboxylic acids is 1. The molecule has 0 saturated heterocycles. The van der Waals surface area contributed by atoms with E-state index in [1.54, 1.807) is 12.3 Å². The van der Waals surface area contributed by atoms with Crippen molar-refractivity contribution in [3.63, 3.8) is 0 Å². The molecule has 78 valence electrons. The summed E-state index contributed by atoms with van der Waals surface area (Å²) in [6, 6.07) is 3.66. The van der Waals surface area contributed by atoms with Crippen LogP contribution in [0.1, 0.15) is 19.1 Å². The molecule has 0 spiro atoms. The minimum Gasteiger partial charge on any atom is -0.544 e. The number of furan rings is 1. The molecule has 0 aliphatic heterocycles. The van der Waals surface area contributed by atoms with Crippen molar-refractivity contribution in [2.75, 3.05) is 13.1 Å². The Morgan fingerprint density at radius 1 is 1.64 bits per heavy atom. The molecule has 4 heteroatoms. The highest BCUT2D eigenvalue weighted by atomic mass is 16.4. The molecule has 0 amide bonds. The lowest BCUT2D eigenvalue weighted by Crippen LogP contribution is -3.12. The largest absolute Gasteiger partial charge is 0.544 e. The first-order valence-corrected chi connectivity index (χ1v) is 4.78. The third-order valence-corrected chi connectivity index (χ3v) is 2.00. The fraction of sp³-hybridized carbons (Fsp3) is 0.500. The number of hydrogen-bond donors (Lipinski definition) is 1. The SMILES string of the molecule is CCC[NH+](CC(=O)[O-])Cc1ccco1. The molecule has 0 aromatic carbocycles. The molecule has 1 unspecified atom stereocenters. The van der Waals surface area contributed by atoms with Crippen LogP contribution in [0.4, 0.5) is 0 Å². The second-order valence-electron chi connectivity index (χ2n) is 3.30. The molecule has 1 rings (SSSR count). The van der Waals surface area contributed by atoms with E-state index in [4.69, 9.17) is 4.42 Å². The fourth-order valence-electron chi connectivity index (χ4n) is 1.46. The molecule has 1 aromatic heterocycles. The molecular formula is C10H15NO3. The molecule has 0 bridgehead atoms. The van der Waals surface area contributed by atoms with Crippen molar-refractivity contribution in [3.8, 4) is 0 Å². The van der Waals surface area contributed by atoms with Gasteiger partial charge in [0.2, 0.25) is 0 Å². The number of hydrogen-bond acceptors (Lipinski definition) is 3. The lowest BCUT2D eigenvalue weighted by atomic mass is 10.3. The molecule has 14 heavy (non-hydrogen) atoms. The third-order valence-electron chi connectivity index (χ3n) is 2.00. The van der Waals surface area contributed by atoms with Gasteiger partial charge < -0.3 is 19.2 Å². The van der Waals surface area contributed by atoms with Crippen LogP contribution in [0.2, 0.25) is 0 Å². The molecule has 1 atom stereocenters. The number of rotatable bonds is 6. The Morgan fingerprint density at radius 3 is 2.93 bits per heavy atom. The van der Waals surface area contributed by atoms with Crippen molar-refractivity contribution in [1.29, 1.82) is 0 Å². The van der Waals surface area contributed by atoms with Crippen LogP contribution in [0, 0.1) is 0 Å². The number of carbonyl (C=O) groups is 1. The first kappa shape index (κ1) is 10.8. The van der Waals surface area contributed by atoms with E-state index in [0.29, 0.717) is 6.54 Å². The molecule has 0 fully saturated rings. The Balaban J connectivity index is 2.46. The number of nitrogens with one attached hydrogen (secondary N) is 1. The maximum absolute atomic E-state index is 10.5. The van der Waals surface area contributed by atoms with E-state index >= 15 is 0 Å². The van der Waals surface area contributed by atoms with Crippen LogP contribution >= 0.6 is 0 Å². The van der Waals surface area contributed by atoms with Gasteiger partial charge in [-0.1, -0.05) is 6.92 Å². The first-order valence-electron chi connectivity index (χ1n) is 4.78. The van der Waals surface area contributed by atoms with E-state index in [9.17, 15) is 9.90 Å². The highest BCUT2D eigenvalue weighted by molar-refractivity contribution is 5.65. The Labute approximate surface area is 83.1 Å². The molecule has 1 aromatic rings. The van der Waals surface area contributed by atoms with E-state index in [2.05, 4.69) is 0 Å². The van der Waals surface area contributed by atoms with Gasteiger partial charge in [-0.05, 0) is 18.6 Å². The summed E-state index contributed by atoms with van der Waals surface area (Å²) in [5.74, 6) is -0.199. The van der Waals surface area contributed by atoms with Gasteiger partial charge in [0.05, 0.1) is 18.8 Å². The predicted molar refractivity (Wildman–Crippen MR) is 48.4 cm³/mol. The Kier molecular flexibility index (Phi) is 4.19. The second kappa shape index (κ2) is 5.44. The van der Waals surface area contributed by atoms with Crippen LogP contribution in [0.5, 0.6) is 0 Å². The van der Waals surface area contributed by atoms with Gasteiger partial charge in [-0.2, -0.15) is 0 Å². The van der Waals surface area contributed by atoms with Crippen LogP contribution < -0.4 is 10.0 Å². The van der Waals surface area contributed by atoms with Crippen LogP contribution in [-0.2, 0) is 11.3 Å². The van der Waals surface area contributed by atoms with Gasteiger partial charge in [-0.15, -0.1) is 0 Å². The number of carbonyl (C=O) groups excluding carboxylic acids is 1. The summed E-state index contributed by atoms with van der Waals surface area (Å²) < 4.78 is 5.16. The summed E-state index contributed by atoms with van der Waals surface area (Å²) in [7, 11) is 0. The van der Waals surface area contributed by atoms with E-state index in [1.165, 1.54) is 0 Å². The van der Waals surface area contributed by atoms with Gasteiger partial charge >= 0.3 is 0 Å². The zero-order valence-electron chi connectivity index (χ0n) is 8.29. The minimum absolute atomic E-state index is 0.0362. The highest BCUT2D eigenvalue weighted by Crippen LogP contribution is 1.96. The molecule has 1 N–H and O–H groups in total. The maximum atomic E-state index is 10.5. The predicted octanol–water partition coefficient (Wildman–Crippen LogP) is -1.18. The molecule has 0 saturated carbocycles. The Bertz CT molecular complexity index is 269. The van der Waals surface area contributed by atoms with Crippen molar-refractivity contribution in [1.82, 2.24) is 0 Å². The molecule has 4 nitrogen and oxygen atoms in total. The maximum Gasteiger partial charge on any atom is 0.157 e. The zero-order chi connectivity index (χ0) is 10.4. The minimum atomic E-state index is -1.01. The normalized spacial score (nSPS) is 12.6. The molecule has 1 heterocycles. The zero-order valence-corrected chi connectivity index (χ0v) is 8.29. The molecule has 0 aliphatic carbocycles. The van der Waals surface area contributed by atoms with Crippen molar-refractivity contribution in [2.24, 2.45) is 0 Å². The topological polar surface area (TPSA) is 57.7 Å². The lowest BCUT2D eigenvalue weighted by Gasteiger charge is -2.17. The first-order chi connectivity index (χ1) is 6.72. The van der Waals surface area contributed by atoms with E-state index in [-0.39, 0.29) is 6.54 Å². The van der Waals surface area contributed by atoms with Gasteiger partial charge in [-0.3, -0.25) is 0 Å². The molecule has 0 aliphatic rings. The Morgan fingerprint density at radius 2 is 2.43 bits per heavy atom. The van der Waals surface area contributed by atoms with E-state index < -0.39 is 5.97 Å². The van der Waals surface area contributed by atoms with E-state index in [1.807, 2.05) is 13.0 Å². The average Bonchev–Trinajstić information content (AvgIpc) is 2.56. The van der Waals surface area contributed by atoms with Crippen molar-refractivity contribution in [2.45, 2.75) is 19.9 Å². The molecule has 0 radical (unpaired) electrons. The number of aliphatic carboxylic acids is 1. The van der Waals surface area contributed by atoms with Crippen LogP contribution in [0.3, 0.4) is 0 Å². The van der Waals surface area contributed by atoms with Crippen LogP contribution in [-0.4, -0.2) is 19.1 Å². The van der Waals surface area contributed by atoms with Gasteiger partial charge in [0.15, 0.2) is 5.76 Å². The summed E-state index contributed by atoms with van der Waals surface area (Å²) in [5.41, 5.74) is 0. The van der Waals surface area contributed by atoms with Gasteiger partial charge in [-0.25, -0.2) is 0 Å². The summed E-state index contributed by atoms with van der Waals surface area (Å²) in [6.45, 7) is 3.48. The summed E-state index contributed by atoms with van der Waals surface area (Å²) in [4.78, 5) is 11.4. The van der Waals surface area contributed by atoms with Crippen molar-refractivity contribution < 1.29 is 19.2 Å². The quantitative estimate of drug-likeness (QED) is 0.625. The van der Waals surface area contributed by atoms with Gasteiger partial charge in [0.25, 0.3) is 0 Å². The lowest BCUT2D eigenvalue weighted by molar-refractivity contribution is -0.909. The number of carboxylic acid groups (broad SMARTS) is 1. The van der Waals surface area contributed by atoms with Crippen LogP contribution in [0.25, 0.3) is 0 Å².